The summed E-state index contributed by atoms with van der Waals surface area (Å²) in [4.78, 5) is 8.99. The molecular formula is C19H33IN4O. The lowest BCUT2D eigenvalue weighted by Crippen LogP contribution is -2.57. The van der Waals surface area contributed by atoms with Crippen LogP contribution >= 0.6 is 24.0 Å². The Kier molecular flexibility index (Phi) is 9.16. The van der Waals surface area contributed by atoms with E-state index in [9.17, 15) is 0 Å². The van der Waals surface area contributed by atoms with Crippen molar-refractivity contribution >= 4 is 29.9 Å². The van der Waals surface area contributed by atoms with Crippen LogP contribution in [0.5, 0.6) is 0 Å². The zero-order chi connectivity index (χ0) is 17.6. The fourth-order valence-electron chi connectivity index (χ4n) is 3.28. The van der Waals surface area contributed by atoms with Crippen LogP contribution in [0.1, 0.15) is 24.0 Å². The maximum Gasteiger partial charge on any atom is 0.193 e. The Morgan fingerprint density at radius 3 is 2.40 bits per heavy atom. The van der Waals surface area contributed by atoms with Gasteiger partial charge in [0.2, 0.25) is 0 Å². The monoisotopic (exact) mass is 460 g/mol. The molecule has 0 radical (unpaired) electrons. The van der Waals surface area contributed by atoms with Crippen LogP contribution in [0, 0.1) is 6.92 Å². The first-order valence-electron chi connectivity index (χ1n) is 8.70. The number of halogens is 1. The van der Waals surface area contributed by atoms with E-state index in [1.54, 1.807) is 0 Å². The van der Waals surface area contributed by atoms with E-state index in [0.717, 1.165) is 45.1 Å². The van der Waals surface area contributed by atoms with Crippen LogP contribution in [-0.2, 0) is 11.3 Å². The van der Waals surface area contributed by atoms with E-state index in [-0.39, 0.29) is 29.5 Å². The predicted molar refractivity (Wildman–Crippen MR) is 116 cm³/mol. The van der Waals surface area contributed by atoms with Crippen molar-refractivity contribution in [3.63, 3.8) is 0 Å². The molecule has 0 aliphatic carbocycles. The third-order valence-corrected chi connectivity index (χ3v) is 5.19. The van der Waals surface area contributed by atoms with E-state index in [1.165, 1.54) is 11.1 Å². The number of likely N-dealkylation sites (N-methyl/N-ethyl adjacent to an activating group) is 1. The number of rotatable bonds is 5. The number of nitrogens with zero attached hydrogens (tertiary/aromatic N) is 3. The Morgan fingerprint density at radius 1 is 1.20 bits per heavy atom. The number of ether oxygens (including phenoxy) is 1. The molecule has 1 fully saturated rings. The molecule has 0 saturated carbocycles. The molecule has 0 spiro atoms. The van der Waals surface area contributed by atoms with Gasteiger partial charge in [-0.15, -0.1) is 24.0 Å². The highest BCUT2D eigenvalue weighted by molar-refractivity contribution is 14.0. The maximum absolute atomic E-state index is 5.55. The molecule has 1 saturated heterocycles. The van der Waals surface area contributed by atoms with Gasteiger partial charge in [0.15, 0.2) is 5.96 Å². The smallest absolute Gasteiger partial charge is 0.193 e. The minimum absolute atomic E-state index is 0. The standard InChI is InChI=1S/C19H32N4O.HI/c1-16-8-6-7-9-17(16)14-23(5)18(20-2)21-15-19(22(3)4)10-12-24-13-11-19;/h6-9H,10-15H2,1-5H3,(H,20,21);1H. The summed E-state index contributed by atoms with van der Waals surface area (Å²) in [6, 6.07) is 8.51. The van der Waals surface area contributed by atoms with Crippen LogP contribution in [0.15, 0.2) is 29.3 Å². The Morgan fingerprint density at radius 2 is 1.84 bits per heavy atom. The van der Waals surface area contributed by atoms with Crippen LogP contribution in [0.2, 0.25) is 0 Å². The molecule has 1 aromatic carbocycles. The summed E-state index contributed by atoms with van der Waals surface area (Å²) in [5.41, 5.74) is 2.78. The normalized spacial score (nSPS) is 17.1. The highest BCUT2D eigenvalue weighted by Gasteiger charge is 2.35. The topological polar surface area (TPSA) is 40.1 Å². The third-order valence-electron chi connectivity index (χ3n) is 5.19. The second-order valence-corrected chi connectivity index (χ2v) is 6.91. The van der Waals surface area contributed by atoms with Gasteiger partial charge < -0.3 is 19.9 Å². The molecule has 6 heteroatoms. The average Bonchev–Trinajstić information content (AvgIpc) is 2.58. The average molecular weight is 460 g/mol. The fraction of sp³-hybridized carbons (Fsp3) is 0.632. The van der Waals surface area contributed by atoms with Crippen LogP contribution in [0.3, 0.4) is 0 Å². The van der Waals surface area contributed by atoms with E-state index in [2.05, 4.69) is 72.4 Å². The van der Waals surface area contributed by atoms with E-state index >= 15 is 0 Å². The summed E-state index contributed by atoms with van der Waals surface area (Å²) in [5, 5.41) is 3.58. The zero-order valence-corrected chi connectivity index (χ0v) is 18.5. The summed E-state index contributed by atoms with van der Waals surface area (Å²) in [5.74, 6) is 0.936. The highest BCUT2D eigenvalue weighted by Crippen LogP contribution is 2.25. The molecule has 1 heterocycles. The zero-order valence-electron chi connectivity index (χ0n) is 16.2. The number of benzene rings is 1. The SMILES string of the molecule is CN=C(NCC1(N(C)C)CCOCC1)N(C)Cc1ccccc1C.I. The largest absolute Gasteiger partial charge is 0.381 e. The molecule has 142 valence electrons. The van der Waals surface area contributed by atoms with Crippen LogP contribution in [-0.4, -0.2) is 69.2 Å². The van der Waals surface area contributed by atoms with Gasteiger partial charge in [-0.3, -0.25) is 4.99 Å². The molecule has 0 atom stereocenters. The molecule has 1 aliphatic rings. The van der Waals surface area contributed by atoms with Crippen molar-refractivity contribution in [3.05, 3.63) is 35.4 Å². The summed E-state index contributed by atoms with van der Waals surface area (Å²) in [6.45, 7) is 5.55. The van der Waals surface area contributed by atoms with Gasteiger partial charge in [0.1, 0.15) is 0 Å². The van der Waals surface area contributed by atoms with Gasteiger partial charge >= 0.3 is 0 Å². The third kappa shape index (κ3) is 5.82. The molecule has 0 unspecified atom stereocenters. The highest BCUT2D eigenvalue weighted by atomic mass is 127. The van der Waals surface area contributed by atoms with Crippen molar-refractivity contribution in [3.8, 4) is 0 Å². The van der Waals surface area contributed by atoms with Crippen molar-refractivity contribution in [2.75, 3.05) is 47.9 Å². The molecule has 25 heavy (non-hydrogen) atoms. The number of nitrogens with one attached hydrogen (secondary N) is 1. The molecule has 2 rings (SSSR count). The molecule has 1 N–H and O–H groups in total. The van der Waals surface area contributed by atoms with E-state index < -0.39 is 0 Å². The van der Waals surface area contributed by atoms with Crippen LogP contribution in [0.25, 0.3) is 0 Å². The first kappa shape index (κ1) is 22.2. The molecule has 0 bridgehead atoms. The molecule has 5 nitrogen and oxygen atoms in total. The first-order chi connectivity index (χ1) is 11.5. The molecule has 1 aromatic rings. The Hall–Kier alpha value is -0.860. The van der Waals surface area contributed by atoms with Gasteiger partial charge in [0.05, 0.1) is 0 Å². The minimum atomic E-state index is 0. The van der Waals surface area contributed by atoms with Crippen molar-refractivity contribution in [2.24, 2.45) is 4.99 Å². The van der Waals surface area contributed by atoms with Crippen molar-refractivity contribution in [1.82, 2.24) is 15.1 Å². The second-order valence-electron chi connectivity index (χ2n) is 6.91. The second kappa shape index (κ2) is 10.3. The van der Waals surface area contributed by atoms with Crippen molar-refractivity contribution < 1.29 is 4.74 Å². The number of aryl methyl sites for hydroxylation is 1. The van der Waals surface area contributed by atoms with Crippen LogP contribution < -0.4 is 5.32 Å². The Balaban J connectivity index is 0.00000312. The quantitative estimate of drug-likeness (QED) is 0.417. The Labute approximate surface area is 169 Å². The molecule has 1 aliphatic heterocycles. The van der Waals surface area contributed by atoms with Gasteiger partial charge in [0, 0.05) is 45.9 Å². The lowest BCUT2D eigenvalue weighted by atomic mass is 9.88. The van der Waals surface area contributed by atoms with Crippen LogP contribution in [0.4, 0.5) is 0 Å². The summed E-state index contributed by atoms with van der Waals surface area (Å²) in [7, 11) is 8.26. The molecular weight excluding hydrogens is 427 g/mol. The number of hydrogen-bond acceptors (Lipinski definition) is 3. The molecule has 0 amide bonds. The number of aliphatic imine (C=N–C) groups is 1. The molecule has 0 aromatic heterocycles. The van der Waals surface area contributed by atoms with Gasteiger partial charge in [-0.05, 0) is 45.0 Å². The fourth-order valence-corrected chi connectivity index (χ4v) is 3.28. The van der Waals surface area contributed by atoms with Gasteiger partial charge in [0.25, 0.3) is 0 Å². The lowest BCUT2D eigenvalue weighted by molar-refractivity contribution is -0.00522. The lowest BCUT2D eigenvalue weighted by Gasteiger charge is -2.43. The van der Waals surface area contributed by atoms with E-state index in [1.807, 2.05) is 7.05 Å². The minimum Gasteiger partial charge on any atom is -0.381 e. The summed E-state index contributed by atoms with van der Waals surface area (Å²) >= 11 is 0. The number of guanidine groups is 1. The first-order valence-corrected chi connectivity index (χ1v) is 8.70. The maximum atomic E-state index is 5.55. The van der Waals surface area contributed by atoms with Crippen molar-refractivity contribution in [2.45, 2.75) is 31.8 Å². The summed E-state index contributed by atoms with van der Waals surface area (Å²) < 4.78 is 5.55. The predicted octanol–water partition coefficient (Wildman–Crippen LogP) is 2.73. The van der Waals surface area contributed by atoms with Crippen molar-refractivity contribution in [1.29, 1.82) is 0 Å². The van der Waals surface area contributed by atoms with E-state index in [0.29, 0.717) is 0 Å². The van der Waals surface area contributed by atoms with Gasteiger partial charge in [-0.25, -0.2) is 0 Å². The van der Waals surface area contributed by atoms with Gasteiger partial charge in [-0.2, -0.15) is 0 Å². The number of hydrogen-bond donors (Lipinski definition) is 1. The summed E-state index contributed by atoms with van der Waals surface area (Å²) in [6.07, 6.45) is 2.09. The van der Waals surface area contributed by atoms with E-state index in [4.69, 9.17) is 4.74 Å². The van der Waals surface area contributed by atoms with Gasteiger partial charge in [-0.1, -0.05) is 24.3 Å². The Bertz CT molecular complexity index is 556.